The maximum Gasteiger partial charge on any atom is 0.142 e. The molecule has 0 heterocycles. The van der Waals surface area contributed by atoms with Gasteiger partial charge in [-0.05, 0) is 29.8 Å². The number of hydrogen-bond acceptors (Lipinski definition) is 1. The number of benzene rings is 3. The molecule has 0 fully saturated rings. The van der Waals surface area contributed by atoms with Crippen LogP contribution in [0.25, 0.3) is 0 Å². The normalized spacial score (nSPS) is 13.1. The molecule has 0 bridgehead atoms. The van der Waals surface area contributed by atoms with Gasteiger partial charge in [0.15, 0.2) is 0 Å². The highest BCUT2D eigenvalue weighted by molar-refractivity contribution is 7.89. The third kappa shape index (κ3) is 4.26. The maximum atomic E-state index is 13.2. The minimum Gasteiger partial charge on any atom is -0.299 e. The quantitative estimate of drug-likeness (QED) is 0.470. The van der Waals surface area contributed by atoms with E-state index in [9.17, 15) is 4.79 Å². The Kier molecular flexibility index (Phi) is 6.16. The Labute approximate surface area is 170 Å². The lowest BCUT2D eigenvalue weighted by Gasteiger charge is -2.33. The molecule has 0 saturated heterocycles. The Bertz CT molecular complexity index is 856. The van der Waals surface area contributed by atoms with E-state index in [1.165, 1.54) is 16.2 Å². The third-order valence-corrected chi connectivity index (χ3v) is 10.1. The van der Waals surface area contributed by atoms with E-state index in [-0.39, 0.29) is 11.1 Å². The summed E-state index contributed by atoms with van der Waals surface area (Å²) in [5.74, 6) is 0.319. The lowest BCUT2D eigenvalue weighted by molar-refractivity contribution is -0.126. The molecular weight excluding hydrogens is 359 g/mol. The number of carbonyl (C=O) groups is 1. The van der Waals surface area contributed by atoms with E-state index in [2.05, 4.69) is 91.6 Å². The van der Waals surface area contributed by atoms with Crippen molar-refractivity contribution in [2.45, 2.75) is 32.9 Å². The Balaban J connectivity index is 2.21. The summed E-state index contributed by atoms with van der Waals surface area (Å²) in [5.41, 5.74) is 1.07. The number of rotatable bonds is 6. The lowest BCUT2D eigenvalue weighted by Crippen LogP contribution is -2.30. The fourth-order valence-electron chi connectivity index (χ4n) is 3.74. The van der Waals surface area contributed by atoms with Crippen molar-refractivity contribution in [3.8, 4) is 0 Å². The van der Waals surface area contributed by atoms with Gasteiger partial charge in [0.1, 0.15) is 11.4 Å². The van der Waals surface area contributed by atoms with Gasteiger partial charge < -0.3 is 0 Å². The number of ketones is 1. The molecule has 0 spiro atoms. The molecule has 3 aromatic rings. The smallest absolute Gasteiger partial charge is 0.142 e. The molecule has 28 heavy (non-hydrogen) atoms. The molecule has 1 nitrogen and oxygen atoms in total. The van der Waals surface area contributed by atoms with Crippen LogP contribution in [0, 0.1) is 5.41 Å². The van der Waals surface area contributed by atoms with Crippen molar-refractivity contribution in [1.29, 1.82) is 0 Å². The molecule has 0 aliphatic rings. The summed E-state index contributed by atoms with van der Waals surface area (Å²) in [7, 11) is -1.85. The molecule has 144 valence electrons. The fraction of sp³-hybridized carbons (Fsp3) is 0.269. The van der Waals surface area contributed by atoms with Crippen molar-refractivity contribution < 1.29 is 4.79 Å². The Morgan fingerprint density at radius 1 is 0.750 bits per heavy atom. The number of hydrogen-bond donors (Lipinski definition) is 0. The predicted octanol–water partition coefficient (Wildman–Crippen LogP) is 6.03. The first-order valence-corrected chi connectivity index (χ1v) is 12.2. The molecular formula is C26H30OP+. The van der Waals surface area contributed by atoms with Crippen LogP contribution in [0.15, 0.2) is 91.0 Å². The minimum atomic E-state index is -1.85. The van der Waals surface area contributed by atoms with Gasteiger partial charge in [-0.2, -0.15) is 0 Å². The summed E-state index contributed by atoms with van der Waals surface area (Å²) in [6.07, 6.45) is 0.557. The highest BCUT2D eigenvalue weighted by atomic mass is 31.2. The van der Waals surface area contributed by atoms with E-state index < -0.39 is 7.26 Å². The molecule has 1 unspecified atom stereocenters. The first-order valence-electron chi connectivity index (χ1n) is 9.89. The molecule has 3 rings (SSSR count). The molecule has 0 aliphatic heterocycles. The van der Waals surface area contributed by atoms with Gasteiger partial charge in [-0.15, -0.1) is 0 Å². The standard InChI is InChI=1S/C26H30OP/c1-26(2,3)25(27)20-24(21-14-8-5-9-15-21)28(4,22-16-10-6-11-17-22)23-18-12-7-13-19-23/h5-19,24H,20H2,1-4H3/q+1. The molecule has 0 amide bonds. The average Bonchev–Trinajstić information content (AvgIpc) is 2.72. The van der Waals surface area contributed by atoms with Crippen molar-refractivity contribution in [2.75, 3.05) is 6.66 Å². The first-order chi connectivity index (χ1) is 13.3. The monoisotopic (exact) mass is 389 g/mol. The minimum absolute atomic E-state index is 0.158. The van der Waals surface area contributed by atoms with Crippen molar-refractivity contribution in [1.82, 2.24) is 0 Å². The van der Waals surface area contributed by atoms with Crippen LogP contribution in [0.1, 0.15) is 38.4 Å². The zero-order valence-corrected chi connectivity index (χ0v) is 18.2. The van der Waals surface area contributed by atoms with Gasteiger partial charge in [-0.1, -0.05) is 87.5 Å². The Morgan fingerprint density at radius 2 is 1.14 bits per heavy atom. The van der Waals surface area contributed by atoms with Crippen LogP contribution in [0.5, 0.6) is 0 Å². The van der Waals surface area contributed by atoms with E-state index in [0.29, 0.717) is 12.2 Å². The van der Waals surface area contributed by atoms with Crippen LogP contribution in [0.3, 0.4) is 0 Å². The highest BCUT2D eigenvalue weighted by Crippen LogP contribution is 2.66. The van der Waals surface area contributed by atoms with E-state index in [4.69, 9.17) is 0 Å². The van der Waals surface area contributed by atoms with E-state index in [1.54, 1.807) is 0 Å². The van der Waals surface area contributed by atoms with Crippen molar-refractivity contribution in [3.05, 3.63) is 96.6 Å². The molecule has 0 saturated carbocycles. The van der Waals surface area contributed by atoms with Gasteiger partial charge in [-0.25, -0.2) is 0 Å². The summed E-state index contributed by atoms with van der Waals surface area (Å²) < 4.78 is 0. The lowest BCUT2D eigenvalue weighted by atomic mass is 9.87. The van der Waals surface area contributed by atoms with Crippen LogP contribution in [-0.2, 0) is 4.79 Å². The van der Waals surface area contributed by atoms with Gasteiger partial charge in [0.05, 0.1) is 24.5 Å². The van der Waals surface area contributed by atoms with Crippen molar-refractivity contribution in [2.24, 2.45) is 5.41 Å². The fourth-order valence-corrected chi connectivity index (χ4v) is 7.64. The molecule has 1 atom stereocenters. The average molecular weight is 389 g/mol. The third-order valence-electron chi connectivity index (χ3n) is 5.61. The topological polar surface area (TPSA) is 17.1 Å². The number of carbonyl (C=O) groups excluding carboxylic acids is 1. The number of Topliss-reactive ketones (excluding diaryl/α,β-unsaturated/α-hetero) is 1. The van der Waals surface area contributed by atoms with Crippen LogP contribution >= 0.6 is 7.26 Å². The molecule has 2 heteroatoms. The van der Waals surface area contributed by atoms with Gasteiger partial charge in [-0.3, -0.25) is 4.79 Å². The SMILES string of the molecule is CC(C)(C)C(=O)CC(c1ccccc1)[P+](C)(c1ccccc1)c1ccccc1. The summed E-state index contributed by atoms with van der Waals surface area (Å²) >= 11 is 0. The van der Waals surface area contributed by atoms with E-state index in [0.717, 1.165) is 0 Å². The molecule has 0 aromatic heterocycles. The second-order valence-electron chi connectivity index (χ2n) is 8.55. The van der Waals surface area contributed by atoms with Gasteiger partial charge in [0.25, 0.3) is 0 Å². The van der Waals surface area contributed by atoms with Crippen molar-refractivity contribution in [3.63, 3.8) is 0 Å². The van der Waals surface area contributed by atoms with Gasteiger partial charge >= 0.3 is 0 Å². The van der Waals surface area contributed by atoms with Gasteiger partial charge in [0.2, 0.25) is 0 Å². The van der Waals surface area contributed by atoms with Gasteiger partial charge in [0, 0.05) is 11.8 Å². The Hall–Kier alpha value is -2.24. The Morgan fingerprint density at radius 3 is 1.54 bits per heavy atom. The second-order valence-corrected chi connectivity index (χ2v) is 12.4. The molecule has 0 N–H and O–H groups in total. The maximum absolute atomic E-state index is 13.2. The van der Waals surface area contributed by atoms with Crippen LogP contribution in [0.2, 0.25) is 0 Å². The zero-order valence-electron chi connectivity index (χ0n) is 17.3. The van der Waals surface area contributed by atoms with Crippen LogP contribution < -0.4 is 10.6 Å². The first kappa shape index (κ1) is 20.5. The highest BCUT2D eigenvalue weighted by Gasteiger charge is 2.48. The van der Waals surface area contributed by atoms with Crippen molar-refractivity contribution >= 4 is 23.7 Å². The molecule has 0 radical (unpaired) electrons. The zero-order chi connectivity index (χ0) is 20.2. The summed E-state index contributed by atoms with van der Waals surface area (Å²) in [5, 5.41) is 2.69. The van der Waals surface area contributed by atoms with Crippen LogP contribution in [0.4, 0.5) is 0 Å². The predicted molar refractivity (Wildman–Crippen MR) is 123 cm³/mol. The van der Waals surface area contributed by atoms with E-state index in [1.807, 2.05) is 26.8 Å². The van der Waals surface area contributed by atoms with Crippen LogP contribution in [-0.4, -0.2) is 12.4 Å². The van der Waals surface area contributed by atoms with E-state index >= 15 is 0 Å². The second kappa shape index (κ2) is 8.41. The largest absolute Gasteiger partial charge is 0.299 e. The summed E-state index contributed by atoms with van der Waals surface area (Å²) in [4.78, 5) is 13.2. The summed E-state index contributed by atoms with van der Waals surface area (Å²) in [6, 6.07) is 32.1. The molecule has 0 aliphatic carbocycles. The molecule has 3 aromatic carbocycles. The summed E-state index contributed by atoms with van der Waals surface area (Å²) in [6.45, 7) is 8.47.